The summed E-state index contributed by atoms with van der Waals surface area (Å²) in [5.74, 6) is 0. The van der Waals surface area contributed by atoms with Crippen molar-refractivity contribution in [2.75, 3.05) is 13.1 Å². The first kappa shape index (κ1) is 12.1. The monoisotopic (exact) mass is 252 g/mol. The molecule has 1 aromatic rings. The predicted molar refractivity (Wildman–Crippen MR) is 62.4 cm³/mol. The molecule has 3 N–H and O–H groups in total. The van der Waals surface area contributed by atoms with Crippen LogP contribution in [0.25, 0.3) is 0 Å². The van der Waals surface area contributed by atoms with Crippen LogP contribution in [0.2, 0.25) is 10.0 Å². The van der Waals surface area contributed by atoms with Crippen molar-refractivity contribution in [3.8, 4) is 0 Å². The summed E-state index contributed by atoms with van der Waals surface area (Å²) in [6.45, 7) is 1.59. The Kier molecular flexibility index (Phi) is 3.67. The summed E-state index contributed by atoms with van der Waals surface area (Å²) in [7, 11) is 0. The van der Waals surface area contributed by atoms with Crippen LogP contribution in [0.4, 0.5) is 0 Å². The second-order valence-corrected chi connectivity index (χ2v) is 4.20. The van der Waals surface area contributed by atoms with Crippen LogP contribution in [0.1, 0.15) is 5.56 Å². The molecule has 78 valence electrons. The molecule has 0 aromatic heterocycles. The van der Waals surface area contributed by atoms with Crippen molar-refractivity contribution in [2.45, 2.75) is 5.54 Å². The van der Waals surface area contributed by atoms with E-state index < -0.39 is 0 Å². The van der Waals surface area contributed by atoms with Gasteiger partial charge in [0.15, 0.2) is 0 Å². The van der Waals surface area contributed by atoms with E-state index in [1.54, 1.807) is 6.07 Å². The Bertz CT molecular complexity index is 337. The summed E-state index contributed by atoms with van der Waals surface area (Å²) < 4.78 is 0. The lowest BCUT2D eigenvalue weighted by Gasteiger charge is -2.39. The highest BCUT2D eigenvalue weighted by atomic mass is 35.5. The van der Waals surface area contributed by atoms with Crippen molar-refractivity contribution in [1.82, 2.24) is 5.32 Å². The average molecular weight is 254 g/mol. The van der Waals surface area contributed by atoms with Crippen LogP contribution in [0.3, 0.4) is 0 Å². The molecule has 0 spiro atoms. The number of rotatable bonds is 1. The first-order chi connectivity index (χ1) is 6.12. The Balaban J connectivity index is 0.000000980. The van der Waals surface area contributed by atoms with Crippen molar-refractivity contribution >= 4 is 35.6 Å². The molecule has 5 heteroatoms. The standard InChI is InChI=1S/C9H10Cl2N2.ClH/c10-7-2-1-6(3-8(7)11)9(12)4-13-5-9;/h1-3,13H,4-5,12H2;1H. The van der Waals surface area contributed by atoms with Gasteiger partial charge in [0.2, 0.25) is 0 Å². The molecule has 0 saturated carbocycles. The van der Waals surface area contributed by atoms with E-state index in [0.29, 0.717) is 10.0 Å². The molecule has 0 atom stereocenters. The lowest BCUT2D eigenvalue weighted by Crippen LogP contribution is -2.62. The molecule has 1 aliphatic rings. The highest BCUT2D eigenvalue weighted by Crippen LogP contribution is 2.29. The molecule has 0 aliphatic carbocycles. The first-order valence-corrected chi connectivity index (χ1v) is 4.82. The van der Waals surface area contributed by atoms with Gasteiger partial charge in [-0.15, -0.1) is 12.4 Å². The van der Waals surface area contributed by atoms with Crippen LogP contribution in [-0.4, -0.2) is 13.1 Å². The number of hydrogen-bond donors (Lipinski definition) is 2. The molecule has 1 aliphatic heterocycles. The van der Waals surface area contributed by atoms with Crippen LogP contribution in [0, 0.1) is 0 Å². The van der Waals surface area contributed by atoms with Gasteiger partial charge in [-0.2, -0.15) is 0 Å². The Hall–Kier alpha value is 0.01000. The lowest BCUT2D eigenvalue weighted by atomic mass is 9.85. The van der Waals surface area contributed by atoms with Crippen molar-refractivity contribution in [2.24, 2.45) is 5.73 Å². The van der Waals surface area contributed by atoms with Crippen molar-refractivity contribution in [1.29, 1.82) is 0 Å². The molecule has 0 unspecified atom stereocenters. The predicted octanol–water partition coefficient (Wildman–Crippen LogP) is 2.17. The fourth-order valence-corrected chi connectivity index (χ4v) is 1.70. The summed E-state index contributed by atoms with van der Waals surface area (Å²) in [6, 6.07) is 5.55. The Morgan fingerprint density at radius 2 is 1.86 bits per heavy atom. The van der Waals surface area contributed by atoms with E-state index in [0.717, 1.165) is 18.7 Å². The summed E-state index contributed by atoms with van der Waals surface area (Å²) >= 11 is 11.7. The van der Waals surface area contributed by atoms with Crippen LogP contribution in [0.15, 0.2) is 18.2 Å². The highest BCUT2D eigenvalue weighted by molar-refractivity contribution is 6.42. The highest BCUT2D eigenvalue weighted by Gasteiger charge is 2.34. The maximum absolute atomic E-state index is 6.08. The van der Waals surface area contributed by atoms with E-state index in [4.69, 9.17) is 28.9 Å². The normalized spacial score (nSPS) is 18.2. The van der Waals surface area contributed by atoms with Gasteiger partial charge in [0.05, 0.1) is 15.6 Å². The van der Waals surface area contributed by atoms with Gasteiger partial charge in [-0.25, -0.2) is 0 Å². The molecule has 1 saturated heterocycles. The minimum Gasteiger partial charge on any atom is -0.319 e. The van der Waals surface area contributed by atoms with Crippen LogP contribution < -0.4 is 11.1 Å². The first-order valence-electron chi connectivity index (χ1n) is 4.07. The van der Waals surface area contributed by atoms with E-state index in [-0.39, 0.29) is 17.9 Å². The Morgan fingerprint density at radius 3 is 2.29 bits per heavy atom. The number of nitrogens with two attached hydrogens (primary N) is 1. The summed E-state index contributed by atoms with van der Waals surface area (Å²) in [5, 5.41) is 4.27. The maximum Gasteiger partial charge on any atom is 0.0662 e. The summed E-state index contributed by atoms with van der Waals surface area (Å²) in [6.07, 6.45) is 0. The zero-order valence-corrected chi connectivity index (χ0v) is 9.72. The average Bonchev–Trinajstić information content (AvgIpc) is 2.06. The third-order valence-electron chi connectivity index (χ3n) is 2.38. The number of hydrogen-bond acceptors (Lipinski definition) is 2. The van der Waals surface area contributed by atoms with E-state index in [1.165, 1.54) is 0 Å². The fourth-order valence-electron chi connectivity index (χ4n) is 1.40. The molecule has 0 bridgehead atoms. The van der Waals surface area contributed by atoms with Gasteiger partial charge in [0.25, 0.3) is 0 Å². The van der Waals surface area contributed by atoms with E-state index in [9.17, 15) is 0 Å². The molecule has 14 heavy (non-hydrogen) atoms. The largest absolute Gasteiger partial charge is 0.319 e. The molecule has 1 aromatic carbocycles. The van der Waals surface area contributed by atoms with Gasteiger partial charge in [0, 0.05) is 13.1 Å². The second-order valence-electron chi connectivity index (χ2n) is 3.39. The van der Waals surface area contributed by atoms with Gasteiger partial charge in [-0.1, -0.05) is 29.3 Å². The van der Waals surface area contributed by atoms with E-state index in [2.05, 4.69) is 5.32 Å². The number of benzene rings is 1. The molecular formula is C9H11Cl3N2. The third-order valence-corrected chi connectivity index (χ3v) is 3.11. The van der Waals surface area contributed by atoms with Crippen LogP contribution in [0.5, 0.6) is 0 Å². The van der Waals surface area contributed by atoms with Crippen molar-refractivity contribution in [3.63, 3.8) is 0 Å². The zero-order valence-electron chi connectivity index (χ0n) is 7.39. The van der Waals surface area contributed by atoms with Gasteiger partial charge in [-0.05, 0) is 17.7 Å². The maximum atomic E-state index is 6.08. The van der Waals surface area contributed by atoms with Crippen molar-refractivity contribution < 1.29 is 0 Å². The molecule has 0 radical (unpaired) electrons. The summed E-state index contributed by atoms with van der Waals surface area (Å²) in [4.78, 5) is 0. The molecular weight excluding hydrogens is 242 g/mol. The molecule has 1 fully saturated rings. The minimum atomic E-state index is -0.256. The summed E-state index contributed by atoms with van der Waals surface area (Å²) in [5.41, 5.74) is 6.87. The van der Waals surface area contributed by atoms with Gasteiger partial charge in [-0.3, -0.25) is 0 Å². The van der Waals surface area contributed by atoms with Gasteiger partial charge in [0.1, 0.15) is 0 Å². The Morgan fingerprint density at radius 1 is 1.21 bits per heavy atom. The smallest absolute Gasteiger partial charge is 0.0662 e. The van der Waals surface area contributed by atoms with Crippen LogP contribution in [-0.2, 0) is 5.54 Å². The van der Waals surface area contributed by atoms with E-state index >= 15 is 0 Å². The van der Waals surface area contributed by atoms with Crippen LogP contribution >= 0.6 is 35.6 Å². The zero-order chi connectivity index (χ0) is 9.47. The topological polar surface area (TPSA) is 38.0 Å². The van der Waals surface area contributed by atoms with Crippen molar-refractivity contribution in [3.05, 3.63) is 33.8 Å². The molecule has 2 nitrogen and oxygen atoms in total. The number of halogens is 3. The molecule has 1 heterocycles. The molecule has 0 amide bonds. The third kappa shape index (κ3) is 2.00. The minimum absolute atomic E-state index is 0. The lowest BCUT2D eigenvalue weighted by molar-refractivity contribution is 0.287. The fraction of sp³-hybridized carbons (Fsp3) is 0.333. The quantitative estimate of drug-likeness (QED) is 0.805. The Labute approximate surface area is 99.2 Å². The van der Waals surface area contributed by atoms with Gasteiger partial charge < -0.3 is 11.1 Å². The van der Waals surface area contributed by atoms with E-state index in [1.807, 2.05) is 12.1 Å². The SMILES string of the molecule is Cl.NC1(c2ccc(Cl)c(Cl)c2)CNC1. The number of nitrogens with one attached hydrogen (secondary N) is 1. The van der Waals surface area contributed by atoms with Gasteiger partial charge >= 0.3 is 0 Å². The molecule has 2 rings (SSSR count). The second kappa shape index (κ2) is 4.25.